The summed E-state index contributed by atoms with van der Waals surface area (Å²) in [5, 5.41) is 0. The molecule has 0 fully saturated rings. The Kier molecular flexibility index (Phi) is 2.54. The Hall–Kier alpha value is -0.900. The van der Waals surface area contributed by atoms with E-state index in [1.165, 1.54) is 6.07 Å². The summed E-state index contributed by atoms with van der Waals surface area (Å²) in [4.78, 5) is 1.77. The van der Waals surface area contributed by atoms with Crippen molar-refractivity contribution in [2.75, 3.05) is 18.0 Å². The monoisotopic (exact) mass is 259 g/mol. The van der Waals surface area contributed by atoms with Crippen molar-refractivity contribution in [3.8, 4) is 0 Å². The summed E-state index contributed by atoms with van der Waals surface area (Å²) in [6.45, 7) is 1.27. The zero-order chi connectivity index (χ0) is 10.1. The van der Waals surface area contributed by atoms with E-state index in [-0.39, 0.29) is 4.47 Å². The summed E-state index contributed by atoms with van der Waals surface area (Å²) in [5.41, 5.74) is 0.315. The highest BCUT2D eigenvalue weighted by Gasteiger charge is 2.15. The van der Waals surface area contributed by atoms with E-state index in [1.807, 2.05) is 12.2 Å². The number of benzene rings is 1. The quantitative estimate of drug-likeness (QED) is 0.554. The molecule has 1 aliphatic rings. The zero-order valence-electron chi connectivity index (χ0n) is 7.30. The van der Waals surface area contributed by atoms with Gasteiger partial charge in [-0.2, -0.15) is 0 Å². The van der Waals surface area contributed by atoms with E-state index in [2.05, 4.69) is 15.9 Å². The maximum atomic E-state index is 13.4. The van der Waals surface area contributed by atoms with Crippen LogP contribution in [-0.2, 0) is 0 Å². The van der Waals surface area contributed by atoms with Crippen LogP contribution in [0.3, 0.4) is 0 Å². The molecule has 0 radical (unpaired) electrons. The molecule has 2 rings (SSSR count). The lowest BCUT2D eigenvalue weighted by Gasteiger charge is -2.18. The third-order valence-corrected chi connectivity index (χ3v) is 2.76. The lowest BCUT2D eigenvalue weighted by atomic mass is 10.2. The van der Waals surface area contributed by atoms with Gasteiger partial charge in [0, 0.05) is 19.2 Å². The van der Waals surface area contributed by atoms with E-state index in [1.54, 1.807) is 4.90 Å². The second-order valence-electron chi connectivity index (χ2n) is 3.09. The van der Waals surface area contributed by atoms with Gasteiger partial charge in [0.2, 0.25) is 0 Å². The Morgan fingerprint density at radius 1 is 1.07 bits per heavy atom. The third-order valence-electron chi connectivity index (χ3n) is 2.15. The smallest absolute Gasteiger partial charge is 0.147 e. The van der Waals surface area contributed by atoms with Gasteiger partial charge in [-0.05, 0) is 22.0 Å². The lowest BCUT2D eigenvalue weighted by Crippen LogP contribution is -2.20. The van der Waals surface area contributed by atoms with Crippen LogP contribution in [0.5, 0.6) is 0 Å². The largest absolute Gasteiger partial charge is 0.362 e. The molecule has 14 heavy (non-hydrogen) atoms. The number of hydrogen-bond acceptors (Lipinski definition) is 1. The Morgan fingerprint density at radius 3 is 2.36 bits per heavy atom. The first-order chi connectivity index (χ1) is 6.68. The SMILES string of the molecule is Fc1cc(N2CC=CC2)c(F)cc1Br. The molecule has 0 unspecified atom stereocenters. The topological polar surface area (TPSA) is 3.24 Å². The Morgan fingerprint density at radius 2 is 1.71 bits per heavy atom. The first kappa shape index (κ1) is 9.65. The van der Waals surface area contributed by atoms with Gasteiger partial charge in [-0.1, -0.05) is 12.2 Å². The molecular weight excluding hydrogens is 252 g/mol. The molecule has 0 aliphatic carbocycles. The minimum Gasteiger partial charge on any atom is -0.362 e. The maximum Gasteiger partial charge on any atom is 0.147 e. The van der Waals surface area contributed by atoms with Gasteiger partial charge in [0.15, 0.2) is 0 Å². The minimum atomic E-state index is -0.437. The average Bonchev–Trinajstić information content (AvgIpc) is 2.64. The minimum absolute atomic E-state index is 0.158. The second-order valence-corrected chi connectivity index (χ2v) is 3.95. The summed E-state index contributed by atoms with van der Waals surface area (Å²) in [6, 6.07) is 2.37. The first-order valence-electron chi connectivity index (χ1n) is 4.23. The number of nitrogens with zero attached hydrogens (tertiary/aromatic N) is 1. The molecular formula is C10H8BrF2N. The van der Waals surface area contributed by atoms with Gasteiger partial charge in [-0.15, -0.1) is 0 Å². The van der Waals surface area contributed by atoms with Gasteiger partial charge < -0.3 is 4.90 Å². The van der Waals surface area contributed by atoms with Crippen LogP contribution in [-0.4, -0.2) is 13.1 Å². The van der Waals surface area contributed by atoms with Crippen molar-refractivity contribution in [3.05, 3.63) is 40.4 Å². The summed E-state index contributed by atoms with van der Waals surface area (Å²) < 4.78 is 26.7. The average molecular weight is 260 g/mol. The van der Waals surface area contributed by atoms with Crippen LogP contribution in [0, 0.1) is 11.6 Å². The second kappa shape index (κ2) is 3.69. The predicted octanol–water partition coefficient (Wildman–Crippen LogP) is 3.10. The van der Waals surface area contributed by atoms with Gasteiger partial charge in [0.25, 0.3) is 0 Å². The molecule has 0 saturated heterocycles. The summed E-state index contributed by atoms with van der Waals surface area (Å²) in [5.74, 6) is -0.838. The predicted molar refractivity (Wildman–Crippen MR) is 55.4 cm³/mol. The fourth-order valence-corrected chi connectivity index (χ4v) is 1.74. The van der Waals surface area contributed by atoms with Gasteiger partial charge in [-0.25, -0.2) is 8.78 Å². The molecule has 1 heterocycles. The number of rotatable bonds is 1. The van der Waals surface area contributed by atoms with Crippen molar-refractivity contribution in [1.82, 2.24) is 0 Å². The van der Waals surface area contributed by atoms with Crippen LogP contribution < -0.4 is 4.90 Å². The van der Waals surface area contributed by atoms with E-state index in [0.29, 0.717) is 18.8 Å². The van der Waals surface area contributed by atoms with Crippen molar-refractivity contribution < 1.29 is 8.78 Å². The summed E-state index contributed by atoms with van der Waals surface area (Å²) >= 11 is 2.94. The van der Waals surface area contributed by atoms with Gasteiger partial charge >= 0.3 is 0 Å². The molecule has 1 aliphatic heterocycles. The van der Waals surface area contributed by atoms with Crippen LogP contribution in [0.4, 0.5) is 14.5 Å². The molecule has 1 aromatic carbocycles. The van der Waals surface area contributed by atoms with Crippen LogP contribution in [0.1, 0.15) is 0 Å². The van der Waals surface area contributed by atoms with Crippen molar-refractivity contribution in [3.63, 3.8) is 0 Å². The van der Waals surface area contributed by atoms with E-state index < -0.39 is 11.6 Å². The molecule has 0 aromatic heterocycles. The van der Waals surface area contributed by atoms with Crippen LogP contribution in [0.25, 0.3) is 0 Å². The molecule has 0 spiro atoms. The van der Waals surface area contributed by atoms with Gasteiger partial charge in [-0.3, -0.25) is 0 Å². The third kappa shape index (κ3) is 1.66. The van der Waals surface area contributed by atoms with Crippen molar-refractivity contribution in [2.24, 2.45) is 0 Å². The van der Waals surface area contributed by atoms with Crippen LogP contribution in [0.2, 0.25) is 0 Å². The normalized spacial score (nSPS) is 15.2. The fourth-order valence-electron chi connectivity index (χ4n) is 1.43. The highest BCUT2D eigenvalue weighted by atomic mass is 79.9. The zero-order valence-corrected chi connectivity index (χ0v) is 8.89. The number of halogens is 3. The molecule has 74 valence electrons. The van der Waals surface area contributed by atoms with Crippen LogP contribution >= 0.6 is 15.9 Å². The molecule has 0 saturated carbocycles. The fraction of sp³-hybridized carbons (Fsp3) is 0.200. The molecule has 1 aromatic rings. The molecule has 0 bridgehead atoms. The Balaban J connectivity index is 2.38. The van der Waals surface area contributed by atoms with Crippen molar-refractivity contribution >= 4 is 21.6 Å². The maximum absolute atomic E-state index is 13.4. The van der Waals surface area contributed by atoms with E-state index in [9.17, 15) is 8.78 Å². The standard InChI is InChI=1S/C10H8BrF2N/c11-7-5-9(13)10(6-8(7)12)14-3-1-2-4-14/h1-2,5-6H,3-4H2. The highest BCUT2D eigenvalue weighted by molar-refractivity contribution is 9.10. The van der Waals surface area contributed by atoms with Crippen LogP contribution in [0.15, 0.2) is 28.8 Å². The molecule has 4 heteroatoms. The van der Waals surface area contributed by atoms with Crippen molar-refractivity contribution in [1.29, 1.82) is 0 Å². The molecule has 0 amide bonds. The molecule has 0 atom stereocenters. The van der Waals surface area contributed by atoms with E-state index in [0.717, 1.165) is 6.07 Å². The number of hydrogen-bond donors (Lipinski definition) is 0. The summed E-state index contributed by atoms with van der Waals surface area (Å²) in [7, 11) is 0. The Labute approximate surface area is 89.2 Å². The highest BCUT2D eigenvalue weighted by Crippen LogP contribution is 2.27. The Bertz CT molecular complexity index is 382. The van der Waals surface area contributed by atoms with E-state index in [4.69, 9.17) is 0 Å². The number of anilines is 1. The van der Waals surface area contributed by atoms with Gasteiger partial charge in [0.1, 0.15) is 11.6 Å². The molecule has 0 N–H and O–H groups in total. The first-order valence-corrected chi connectivity index (χ1v) is 5.02. The van der Waals surface area contributed by atoms with Crippen molar-refractivity contribution in [2.45, 2.75) is 0 Å². The van der Waals surface area contributed by atoms with Gasteiger partial charge in [0.05, 0.1) is 10.2 Å². The molecule has 1 nitrogen and oxygen atoms in total. The van der Waals surface area contributed by atoms with E-state index >= 15 is 0 Å². The summed E-state index contributed by atoms with van der Waals surface area (Å²) in [6.07, 6.45) is 3.86. The lowest BCUT2D eigenvalue weighted by molar-refractivity contribution is 0.592.